The molecule has 25 heavy (non-hydrogen) atoms. The summed E-state index contributed by atoms with van der Waals surface area (Å²) < 4.78 is 104. The number of piperidine rings is 1. The second kappa shape index (κ2) is 6.45. The van der Waals surface area contributed by atoms with Gasteiger partial charge in [0.05, 0.1) is 13.2 Å². The molecule has 1 spiro atoms. The van der Waals surface area contributed by atoms with E-state index in [0.717, 1.165) is 0 Å². The van der Waals surface area contributed by atoms with Crippen molar-refractivity contribution in [2.75, 3.05) is 26.3 Å². The highest BCUT2D eigenvalue weighted by molar-refractivity contribution is 7.89. The van der Waals surface area contributed by atoms with Crippen LogP contribution >= 0.6 is 0 Å². The minimum absolute atomic E-state index is 0.0849. The van der Waals surface area contributed by atoms with E-state index in [1.54, 1.807) is 0 Å². The second-order valence-corrected chi connectivity index (χ2v) is 7.64. The summed E-state index contributed by atoms with van der Waals surface area (Å²) in [6.45, 7) is 0.401. The molecule has 1 aromatic rings. The van der Waals surface area contributed by atoms with Gasteiger partial charge in [0.1, 0.15) is 0 Å². The molecule has 0 unspecified atom stereocenters. The lowest BCUT2D eigenvalue weighted by molar-refractivity contribution is -0.280. The fraction of sp³-hybridized carbons (Fsp3) is 0.571. The molecular formula is C14H14F5NO4S. The highest BCUT2D eigenvalue weighted by Gasteiger charge is 2.44. The number of ether oxygens (including phenoxy) is 2. The van der Waals surface area contributed by atoms with Crippen molar-refractivity contribution in [2.45, 2.75) is 29.9 Å². The van der Waals surface area contributed by atoms with Crippen molar-refractivity contribution in [3.63, 3.8) is 0 Å². The van der Waals surface area contributed by atoms with Gasteiger partial charge < -0.3 is 9.47 Å². The zero-order chi connectivity index (χ0) is 18.4. The van der Waals surface area contributed by atoms with Crippen molar-refractivity contribution >= 4 is 10.0 Å². The molecule has 5 nitrogen and oxygen atoms in total. The predicted molar refractivity (Wildman–Crippen MR) is 73.5 cm³/mol. The third-order valence-electron chi connectivity index (χ3n) is 4.27. The molecule has 11 heteroatoms. The van der Waals surface area contributed by atoms with Crippen LogP contribution in [0.5, 0.6) is 0 Å². The molecule has 0 aliphatic carbocycles. The third kappa shape index (κ3) is 3.03. The van der Waals surface area contributed by atoms with Crippen molar-refractivity contribution in [3.8, 4) is 0 Å². The zero-order valence-electron chi connectivity index (χ0n) is 12.8. The van der Waals surface area contributed by atoms with E-state index in [-0.39, 0.29) is 25.9 Å². The Morgan fingerprint density at radius 2 is 1.24 bits per heavy atom. The molecule has 2 aliphatic heterocycles. The standard InChI is InChI=1S/C14H14F5NO4S/c15-8-9(16)11(18)13(12(19)10(8)17)25(21,22)20-4-2-14(3-5-20)23-6-1-7-24-14/h1-7H2. The normalized spacial score (nSPS) is 21.6. The third-order valence-corrected chi connectivity index (χ3v) is 6.19. The summed E-state index contributed by atoms with van der Waals surface area (Å²) in [6, 6.07) is 0. The molecule has 0 saturated carbocycles. The quantitative estimate of drug-likeness (QED) is 0.444. The summed E-state index contributed by atoms with van der Waals surface area (Å²) in [5, 5.41) is 0. The van der Waals surface area contributed by atoms with Crippen LogP contribution in [0.25, 0.3) is 0 Å². The van der Waals surface area contributed by atoms with Crippen molar-refractivity contribution < 1.29 is 39.8 Å². The molecule has 1 aromatic carbocycles. The van der Waals surface area contributed by atoms with Gasteiger partial charge in [-0.25, -0.2) is 30.4 Å². The Labute approximate surface area is 140 Å². The maximum atomic E-state index is 13.8. The van der Waals surface area contributed by atoms with Crippen LogP contribution in [-0.2, 0) is 19.5 Å². The van der Waals surface area contributed by atoms with Crippen LogP contribution in [0.3, 0.4) is 0 Å². The van der Waals surface area contributed by atoms with Crippen LogP contribution in [0, 0.1) is 29.1 Å². The fourth-order valence-electron chi connectivity index (χ4n) is 2.91. The summed E-state index contributed by atoms with van der Waals surface area (Å²) in [4.78, 5) is -1.84. The largest absolute Gasteiger partial charge is 0.350 e. The van der Waals surface area contributed by atoms with E-state index in [4.69, 9.17) is 9.47 Å². The first kappa shape index (κ1) is 18.5. The summed E-state index contributed by atoms with van der Waals surface area (Å²) in [5.74, 6) is -12.7. The highest BCUT2D eigenvalue weighted by atomic mass is 32.2. The second-order valence-electron chi connectivity index (χ2n) is 5.76. The minimum atomic E-state index is -4.91. The topological polar surface area (TPSA) is 55.8 Å². The Morgan fingerprint density at radius 3 is 1.72 bits per heavy atom. The summed E-state index contributed by atoms with van der Waals surface area (Å²) in [6.07, 6.45) is 0.859. The van der Waals surface area contributed by atoms with Gasteiger partial charge in [-0.05, 0) is 6.42 Å². The van der Waals surface area contributed by atoms with E-state index in [2.05, 4.69) is 0 Å². The first-order valence-corrected chi connectivity index (χ1v) is 8.93. The minimum Gasteiger partial charge on any atom is -0.350 e. The Morgan fingerprint density at radius 1 is 0.800 bits per heavy atom. The fourth-order valence-corrected chi connectivity index (χ4v) is 4.47. The molecule has 0 amide bonds. The Bertz CT molecular complexity index is 756. The van der Waals surface area contributed by atoms with Gasteiger partial charge in [-0.15, -0.1) is 0 Å². The number of rotatable bonds is 2. The van der Waals surface area contributed by atoms with Crippen LogP contribution < -0.4 is 0 Å². The Hall–Kier alpha value is -1.30. The molecule has 2 heterocycles. The van der Waals surface area contributed by atoms with Gasteiger partial charge in [0, 0.05) is 25.9 Å². The van der Waals surface area contributed by atoms with Crippen molar-refractivity contribution in [3.05, 3.63) is 29.1 Å². The van der Waals surface area contributed by atoms with Crippen molar-refractivity contribution in [1.29, 1.82) is 0 Å². The van der Waals surface area contributed by atoms with Gasteiger partial charge in [-0.2, -0.15) is 4.31 Å². The van der Waals surface area contributed by atoms with Crippen LogP contribution in [0.1, 0.15) is 19.3 Å². The molecule has 0 aromatic heterocycles. The SMILES string of the molecule is O=S(=O)(c1c(F)c(F)c(F)c(F)c1F)N1CCC2(CC1)OCCCO2. The van der Waals surface area contributed by atoms with Crippen LogP contribution in [0.2, 0.25) is 0 Å². The molecule has 0 bridgehead atoms. The van der Waals surface area contributed by atoms with E-state index in [1.165, 1.54) is 0 Å². The highest BCUT2D eigenvalue weighted by Crippen LogP contribution is 2.35. The van der Waals surface area contributed by atoms with Crippen LogP contribution in [0.15, 0.2) is 4.90 Å². The van der Waals surface area contributed by atoms with Gasteiger partial charge in [0.25, 0.3) is 0 Å². The van der Waals surface area contributed by atoms with Crippen molar-refractivity contribution in [2.24, 2.45) is 0 Å². The Balaban J connectivity index is 1.91. The maximum Gasteiger partial charge on any atom is 0.249 e. The summed E-state index contributed by atoms with van der Waals surface area (Å²) >= 11 is 0. The van der Waals surface area contributed by atoms with Crippen LogP contribution in [0.4, 0.5) is 22.0 Å². The van der Waals surface area contributed by atoms with Gasteiger partial charge in [-0.3, -0.25) is 0 Å². The lowest BCUT2D eigenvalue weighted by Crippen LogP contribution is -2.51. The smallest absolute Gasteiger partial charge is 0.249 e. The molecule has 0 atom stereocenters. The van der Waals surface area contributed by atoms with E-state index >= 15 is 0 Å². The van der Waals surface area contributed by atoms with Crippen LogP contribution in [-0.4, -0.2) is 44.8 Å². The number of halogens is 5. The van der Waals surface area contributed by atoms with Gasteiger partial charge in [0.15, 0.2) is 34.0 Å². The molecular weight excluding hydrogens is 373 g/mol. The van der Waals surface area contributed by atoms with Crippen molar-refractivity contribution in [1.82, 2.24) is 4.31 Å². The predicted octanol–water partition coefficient (Wildman–Crippen LogP) is 2.30. The number of sulfonamides is 1. The molecule has 3 rings (SSSR count). The first-order chi connectivity index (χ1) is 11.7. The molecule has 2 aliphatic rings. The average Bonchev–Trinajstić information content (AvgIpc) is 2.59. The summed E-state index contributed by atoms with van der Waals surface area (Å²) in [5.41, 5.74) is 0. The number of hydrogen-bond donors (Lipinski definition) is 0. The van der Waals surface area contributed by atoms with Gasteiger partial charge >= 0.3 is 0 Å². The molecule has 2 saturated heterocycles. The maximum absolute atomic E-state index is 13.8. The average molecular weight is 387 g/mol. The molecule has 2 fully saturated rings. The number of nitrogens with zero attached hydrogens (tertiary/aromatic N) is 1. The molecule has 0 radical (unpaired) electrons. The molecule has 0 N–H and O–H groups in total. The van der Waals surface area contributed by atoms with E-state index < -0.39 is 49.8 Å². The Kier molecular flexibility index (Phi) is 4.77. The van der Waals surface area contributed by atoms with Gasteiger partial charge in [0.2, 0.25) is 15.8 Å². The number of hydrogen-bond acceptors (Lipinski definition) is 4. The lowest BCUT2D eigenvalue weighted by atomic mass is 10.0. The van der Waals surface area contributed by atoms with E-state index in [9.17, 15) is 30.4 Å². The van der Waals surface area contributed by atoms with E-state index in [0.29, 0.717) is 23.9 Å². The zero-order valence-corrected chi connectivity index (χ0v) is 13.6. The summed E-state index contributed by atoms with van der Waals surface area (Å²) in [7, 11) is -4.91. The molecule has 140 valence electrons. The number of benzene rings is 1. The lowest BCUT2D eigenvalue weighted by Gasteiger charge is -2.42. The first-order valence-electron chi connectivity index (χ1n) is 7.49. The monoisotopic (exact) mass is 387 g/mol. The van der Waals surface area contributed by atoms with E-state index in [1.807, 2.05) is 0 Å². The van der Waals surface area contributed by atoms with Gasteiger partial charge in [-0.1, -0.05) is 0 Å².